The van der Waals surface area contributed by atoms with Crippen molar-refractivity contribution >= 4 is 12.0 Å². The van der Waals surface area contributed by atoms with Gasteiger partial charge in [0.2, 0.25) is 5.91 Å². The first-order chi connectivity index (χ1) is 12.6. The van der Waals surface area contributed by atoms with Crippen molar-refractivity contribution < 1.29 is 18.7 Å². The maximum atomic E-state index is 12.8. The number of nitrogens with zero attached hydrogens (tertiary/aromatic N) is 1. The van der Waals surface area contributed by atoms with Crippen LogP contribution in [0.5, 0.6) is 0 Å². The van der Waals surface area contributed by atoms with E-state index in [4.69, 9.17) is 4.74 Å². The average molecular weight is 365 g/mol. The van der Waals surface area contributed by atoms with E-state index in [-0.39, 0.29) is 23.9 Å². The van der Waals surface area contributed by atoms with Crippen molar-refractivity contribution in [1.82, 2.24) is 15.5 Å². The van der Waals surface area contributed by atoms with Crippen LogP contribution in [0.3, 0.4) is 0 Å². The van der Waals surface area contributed by atoms with Gasteiger partial charge in [-0.05, 0) is 50.4 Å². The fraction of sp³-hybridized carbons (Fsp3) is 0.579. The highest BCUT2D eigenvalue weighted by Crippen LogP contribution is 2.11. The van der Waals surface area contributed by atoms with Crippen LogP contribution in [-0.2, 0) is 16.0 Å². The molecule has 1 aromatic carbocycles. The number of halogens is 1. The molecule has 0 aromatic heterocycles. The molecule has 0 spiro atoms. The van der Waals surface area contributed by atoms with Gasteiger partial charge in [-0.3, -0.25) is 4.79 Å². The third kappa shape index (κ3) is 7.00. The molecule has 0 saturated carbocycles. The zero-order chi connectivity index (χ0) is 18.8. The lowest BCUT2D eigenvalue weighted by Crippen LogP contribution is -2.47. The van der Waals surface area contributed by atoms with Crippen molar-refractivity contribution in [2.45, 2.75) is 38.6 Å². The van der Waals surface area contributed by atoms with Crippen molar-refractivity contribution in [3.8, 4) is 0 Å². The molecule has 6 nitrogen and oxygen atoms in total. The Morgan fingerprint density at radius 2 is 1.88 bits per heavy atom. The van der Waals surface area contributed by atoms with Gasteiger partial charge in [-0.15, -0.1) is 0 Å². The highest BCUT2D eigenvalue weighted by Gasteiger charge is 2.24. The normalized spacial score (nSPS) is 14.9. The molecule has 1 aliphatic rings. The number of hydrogen-bond donors (Lipinski definition) is 2. The molecule has 2 rings (SSSR count). The Kier molecular flexibility index (Phi) is 8.34. The lowest BCUT2D eigenvalue weighted by atomic mass is 10.1. The number of rotatable bonds is 8. The third-order valence-electron chi connectivity index (χ3n) is 4.42. The molecule has 0 unspecified atom stereocenters. The minimum atomic E-state index is -0.275. The van der Waals surface area contributed by atoms with Crippen LogP contribution in [0.25, 0.3) is 0 Å². The predicted octanol–water partition coefficient (Wildman–Crippen LogP) is 2.08. The van der Waals surface area contributed by atoms with Crippen LogP contribution in [0.2, 0.25) is 0 Å². The maximum Gasteiger partial charge on any atom is 0.409 e. The highest BCUT2D eigenvalue weighted by molar-refractivity contribution is 5.76. The van der Waals surface area contributed by atoms with Gasteiger partial charge in [0, 0.05) is 32.1 Å². The highest BCUT2D eigenvalue weighted by atomic mass is 19.1. The lowest BCUT2D eigenvalue weighted by Gasteiger charge is -2.31. The minimum Gasteiger partial charge on any atom is -0.450 e. The SMILES string of the molecule is CCOC(=O)N1CCC(NC(=O)CCNCCc2ccc(F)cc2)CC1. The van der Waals surface area contributed by atoms with Gasteiger partial charge in [0.1, 0.15) is 5.82 Å². The van der Waals surface area contributed by atoms with Crippen molar-refractivity contribution in [2.75, 3.05) is 32.8 Å². The molecule has 2 N–H and O–H groups in total. The van der Waals surface area contributed by atoms with Gasteiger partial charge in [-0.2, -0.15) is 0 Å². The fourth-order valence-electron chi connectivity index (χ4n) is 2.93. The summed E-state index contributed by atoms with van der Waals surface area (Å²) < 4.78 is 17.8. The number of nitrogens with one attached hydrogen (secondary N) is 2. The zero-order valence-corrected chi connectivity index (χ0v) is 15.3. The largest absolute Gasteiger partial charge is 0.450 e. The first-order valence-electron chi connectivity index (χ1n) is 9.24. The summed E-state index contributed by atoms with van der Waals surface area (Å²) in [6.07, 6.45) is 2.45. The van der Waals surface area contributed by atoms with Crippen LogP contribution in [-0.4, -0.2) is 55.7 Å². The molecule has 1 heterocycles. The Bertz CT molecular complexity index is 572. The van der Waals surface area contributed by atoms with Gasteiger partial charge in [0.15, 0.2) is 0 Å². The summed E-state index contributed by atoms with van der Waals surface area (Å²) in [4.78, 5) is 25.3. The summed E-state index contributed by atoms with van der Waals surface area (Å²) in [6, 6.07) is 6.57. The molecule has 26 heavy (non-hydrogen) atoms. The first kappa shape index (κ1) is 20.2. The zero-order valence-electron chi connectivity index (χ0n) is 15.3. The Morgan fingerprint density at radius 3 is 2.54 bits per heavy atom. The van der Waals surface area contributed by atoms with Crippen LogP contribution in [0.15, 0.2) is 24.3 Å². The van der Waals surface area contributed by atoms with E-state index in [1.54, 1.807) is 24.0 Å². The number of hydrogen-bond acceptors (Lipinski definition) is 4. The summed E-state index contributed by atoms with van der Waals surface area (Å²) in [7, 11) is 0. The Morgan fingerprint density at radius 1 is 1.19 bits per heavy atom. The van der Waals surface area contributed by atoms with Gasteiger partial charge in [-0.25, -0.2) is 9.18 Å². The van der Waals surface area contributed by atoms with Gasteiger partial charge in [0.05, 0.1) is 6.61 Å². The van der Waals surface area contributed by atoms with Crippen molar-refractivity contribution in [1.29, 1.82) is 0 Å². The smallest absolute Gasteiger partial charge is 0.409 e. The van der Waals surface area contributed by atoms with Crippen molar-refractivity contribution in [3.05, 3.63) is 35.6 Å². The molecule has 0 radical (unpaired) electrons. The van der Waals surface area contributed by atoms with Crippen molar-refractivity contribution in [2.24, 2.45) is 0 Å². The van der Waals surface area contributed by atoms with E-state index in [0.717, 1.165) is 31.4 Å². The second-order valence-electron chi connectivity index (χ2n) is 6.40. The number of benzene rings is 1. The molecular weight excluding hydrogens is 337 g/mol. The van der Waals surface area contributed by atoms with E-state index >= 15 is 0 Å². The molecule has 0 atom stereocenters. The standard InChI is InChI=1S/C19H28FN3O3/c1-2-26-19(25)23-13-9-17(10-14-23)22-18(24)8-12-21-11-7-15-3-5-16(20)6-4-15/h3-6,17,21H,2,7-14H2,1H3,(H,22,24). The number of ether oxygens (including phenoxy) is 1. The van der Waals surface area contributed by atoms with E-state index < -0.39 is 0 Å². The number of carbonyl (C=O) groups is 2. The first-order valence-corrected chi connectivity index (χ1v) is 9.24. The molecule has 1 fully saturated rings. The molecular formula is C19H28FN3O3. The maximum absolute atomic E-state index is 12.8. The summed E-state index contributed by atoms with van der Waals surface area (Å²) >= 11 is 0. The van der Waals surface area contributed by atoms with Gasteiger partial charge in [0.25, 0.3) is 0 Å². The lowest BCUT2D eigenvalue weighted by molar-refractivity contribution is -0.121. The quantitative estimate of drug-likeness (QED) is 0.692. The van der Waals surface area contributed by atoms with Crippen LogP contribution < -0.4 is 10.6 Å². The van der Waals surface area contributed by atoms with Crippen molar-refractivity contribution in [3.63, 3.8) is 0 Å². The van der Waals surface area contributed by atoms with Gasteiger partial charge >= 0.3 is 6.09 Å². The average Bonchev–Trinajstić information content (AvgIpc) is 2.64. The molecule has 2 amide bonds. The van der Waals surface area contributed by atoms with Gasteiger partial charge in [-0.1, -0.05) is 12.1 Å². The summed E-state index contributed by atoms with van der Waals surface area (Å²) in [5.74, 6) is -0.208. The number of likely N-dealkylation sites (tertiary alicyclic amines) is 1. The van der Waals surface area contributed by atoms with E-state index in [0.29, 0.717) is 32.7 Å². The molecule has 0 aliphatic carbocycles. The predicted molar refractivity (Wildman–Crippen MR) is 97.4 cm³/mol. The Labute approximate surface area is 154 Å². The monoisotopic (exact) mass is 365 g/mol. The molecule has 0 bridgehead atoms. The third-order valence-corrected chi connectivity index (χ3v) is 4.42. The van der Waals surface area contributed by atoms with Crippen LogP contribution in [0.4, 0.5) is 9.18 Å². The van der Waals surface area contributed by atoms with E-state index in [9.17, 15) is 14.0 Å². The number of amides is 2. The van der Waals surface area contributed by atoms with Crippen LogP contribution in [0, 0.1) is 5.82 Å². The Balaban J connectivity index is 1.54. The summed E-state index contributed by atoms with van der Waals surface area (Å²) in [6.45, 7) is 4.74. The van der Waals surface area contributed by atoms with Gasteiger partial charge < -0.3 is 20.3 Å². The molecule has 144 valence electrons. The second kappa shape index (κ2) is 10.8. The number of piperidine rings is 1. The Hall–Kier alpha value is -2.15. The number of carbonyl (C=O) groups excluding carboxylic acids is 2. The van der Waals surface area contributed by atoms with E-state index in [1.165, 1.54) is 12.1 Å². The molecule has 1 saturated heterocycles. The van der Waals surface area contributed by atoms with E-state index in [1.807, 2.05) is 0 Å². The van der Waals surface area contributed by atoms with Crippen LogP contribution in [0.1, 0.15) is 31.7 Å². The minimum absolute atomic E-state index is 0.0221. The summed E-state index contributed by atoms with van der Waals surface area (Å²) in [5, 5.41) is 6.25. The second-order valence-corrected chi connectivity index (χ2v) is 6.40. The molecule has 1 aliphatic heterocycles. The fourth-order valence-corrected chi connectivity index (χ4v) is 2.93. The summed E-state index contributed by atoms with van der Waals surface area (Å²) in [5.41, 5.74) is 1.07. The molecule has 7 heteroatoms. The van der Waals surface area contributed by atoms with E-state index in [2.05, 4.69) is 10.6 Å². The molecule has 1 aromatic rings. The topological polar surface area (TPSA) is 70.7 Å². The van der Waals surface area contributed by atoms with Crippen LogP contribution >= 0.6 is 0 Å².